The van der Waals surface area contributed by atoms with Gasteiger partial charge >= 0.3 is 5.69 Å². The highest BCUT2D eigenvalue weighted by Gasteiger charge is 2.17. The summed E-state index contributed by atoms with van der Waals surface area (Å²) in [5.74, 6) is 0.636. The summed E-state index contributed by atoms with van der Waals surface area (Å²) in [6.07, 6.45) is 3.05. The quantitative estimate of drug-likeness (QED) is 0.314. The maximum Gasteiger partial charge on any atom is 0.329 e. The number of aromatic amines is 1. The maximum atomic E-state index is 13.6. The minimum absolute atomic E-state index is 0.0506. The molecule has 36 heavy (non-hydrogen) atoms. The Morgan fingerprint density at radius 3 is 2.17 bits per heavy atom. The molecule has 0 radical (unpaired) electrons. The van der Waals surface area contributed by atoms with Crippen LogP contribution in [0.25, 0.3) is 22.5 Å². The van der Waals surface area contributed by atoms with Crippen molar-refractivity contribution < 1.29 is 0 Å². The molecule has 0 amide bonds. The van der Waals surface area contributed by atoms with Gasteiger partial charge in [0.15, 0.2) is 5.82 Å². The minimum atomic E-state index is 0.0506. The molecule has 0 aliphatic carbocycles. The molecule has 2 heterocycles. The van der Waals surface area contributed by atoms with Crippen molar-refractivity contribution in [3.63, 3.8) is 0 Å². The van der Waals surface area contributed by atoms with Crippen LogP contribution in [0.15, 0.2) is 83.7 Å². The predicted molar refractivity (Wildman–Crippen MR) is 142 cm³/mol. The van der Waals surface area contributed by atoms with Crippen LogP contribution in [0.4, 0.5) is 0 Å². The monoisotopic (exact) mass is 478 g/mol. The molecule has 1 N–H and O–H groups in total. The molecule has 0 saturated carbocycles. The summed E-state index contributed by atoms with van der Waals surface area (Å²) in [5, 5.41) is 14.3. The van der Waals surface area contributed by atoms with Gasteiger partial charge in [-0.25, -0.2) is 9.89 Å². The highest BCUT2D eigenvalue weighted by atomic mass is 16.1. The van der Waals surface area contributed by atoms with Crippen LogP contribution in [0.3, 0.4) is 0 Å². The summed E-state index contributed by atoms with van der Waals surface area (Å²) in [6, 6.07) is 26.6. The standard InChI is InChI=1S/C29H30N6O/c1-3-4-14-27-21(2)34(19-22-10-6-5-7-11-22)29(36)35(27)20-23-15-17-24(18-16-23)25-12-8-9-13-26(25)28-30-32-33-31-28/h5-13,15-18H,3-4,14,19-20H2,1-2H3,(H,30,31,32,33). The van der Waals surface area contributed by atoms with Crippen molar-refractivity contribution >= 4 is 0 Å². The van der Waals surface area contributed by atoms with Crippen molar-refractivity contribution in [1.29, 1.82) is 0 Å². The normalized spacial score (nSPS) is 11.2. The van der Waals surface area contributed by atoms with E-state index in [-0.39, 0.29) is 5.69 Å². The van der Waals surface area contributed by atoms with Crippen LogP contribution >= 0.6 is 0 Å². The van der Waals surface area contributed by atoms with Crippen LogP contribution in [0.5, 0.6) is 0 Å². The minimum Gasteiger partial charge on any atom is -0.292 e. The number of unbranched alkanes of at least 4 members (excludes halogenated alkanes) is 1. The predicted octanol–water partition coefficient (Wildman–Crippen LogP) is 5.24. The summed E-state index contributed by atoms with van der Waals surface area (Å²) in [7, 11) is 0. The van der Waals surface area contributed by atoms with Crippen LogP contribution < -0.4 is 5.69 Å². The zero-order valence-electron chi connectivity index (χ0n) is 20.7. The average molecular weight is 479 g/mol. The van der Waals surface area contributed by atoms with E-state index >= 15 is 0 Å². The second-order valence-electron chi connectivity index (χ2n) is 9.07. The van der Waals surface area contributed by atoms with E-state index in [1.54, 1.807) is 0 Å². The molecule has 0 unspecified atom stereocenters. The molecule has 0 aliphatic heterocycles. The van der Waals surface area contributed by atoms with Gasteiger partial charge in [-0.3, -0.25) is 9.13 Å². The zero-order chi connectivity index (χ0) is 24.9. The third-order valence-corrected chi connectivity index (χ3v) is 6.69. The van der Waals surface area contributed by atoms with Crippen molar-refractivity contribution in [3.05, 3.63) is 112 Å². The third kappa shape index (κ3) is 4.77. The number of tetrazole rings is 1. The lowest BCUT2D eigenvalue weighted by atomic mass is 9.98. The Kier molecular flexibility index (Phi) is 6.89. The van der Waals surface area contributed by atoms with Crippen molar-refractivity contribution in [2.45, 2.75) is 46.2 Å². The lowest BCUT2D eigenvalue weighted by molar-refractivity contribution is 0.654. The van der Waals surface area contributed by atoms with Crippen molar-refractivity contribution in [2.75, 3.05) is 0 Å². The largest absolute Gasteiger partial charge is 0.329 e. The zero-order valence-corrected chi connectivity index (χ0v) is 20.7. The van der Waals surface area contributed by atoms with Gasteiger partial charge in [0.2, 0.25) is 0 Å². The number of H-pyrrole nitrogens is 1. The molecule has 5 rings (SSSR count). The van der Waals surface area contributed by atoms with Gasteiger partial charge in [-0.05, 0) is 52.4 Å². The fourth-order valence-corrected chi connectivity index (χ4v) is 4.72. The number of aromatic nitrogens is 6. The first-order valence-electron chi connectivity index (χ1n) is 12.4. The van der Waals surface area contributed by atoms with Crippen LogP contribution in [0.2, 0.25) is 0 Å². The second-order valence-corrected chi connectivity index (χ2v) is 9.07. The summed E-state index contributed by atoms with van der Waals surface area (Å²) in [6.45, 7) is 5.40. The van der Waals surface area contributed by atoms with Crippen LogP contribution in [-0.4, -0.2) is 29.8 Å². The Morgan fingerprint density at radius 2 is 1.47 bits per heavy atom. The smallest absolute Gasteiger partial charge is 0.292 e. The van der Waals surface area contributed by atoms with Gasteiger partial charge in [0.05, 0.1) is 13.1 Å². The molecule has 182 valence electrons. The molecule has 0 aliphatic rings. The van der Waals surface area contributed by atoms with Gasteiger partial charge in [-0.1, -0.05) is 92.2 Å². The molecule has 3 aromatic carbocycles. The maximum absolute atomic E-state index is 13.6. The van der Waals surface area contributed by atoms with E-state index in [2.05, 4.69) is 76.9 Å². The van der Waals surface area contributed by atoms with E-state index in [0.29, 0.717) is 18.9 Å². The van der Waals surface area contributed by atoms with Crippen LogP contribution in [0, 0.1) is 6.92 Å². The SMILES string of the molecule is CCCCc1c(C)n(Cc2ccccc2)c(=O)n1Cc1ccc(-c2ccccc2-c2nnn[nH]2)cc1. The van der Waals surface area contributed by atoms with Gasteiger partial charge in [0, 0.05) is 17.0 Å². The number of hydrogen-bond donors (Lipinski definition) is 1. The molecule has 0 atom stereocenters. The molecule has 0 bridgehead atoms. The summed E-state index contributed by atoms with van der Waals surface area (Å²) < 4.78 is 3.87. The van der Waals surface area contributed by atoms with E-state index in [4.69, 9.17) is 0 Å². The fourth-order valence-electron chi connectivity index (χ4n) is 4.72. The first kappa shape index (κ1) is 23.5. The van der Waals surface area contributed by atoms with Crippen molar-refractivity contribution in [2.24, 2.45) is 0 Å². The highest BCUT2D eigenvalue weighted by Crippen LogP contribution is 2.30. The molecule has 0 saturated heterocycles. The molecular weight excluding hydrogens is 448 g/mol. The second kappa shape index (κ2) is 10.6. The molecule has 0 fully saturated rings. The van der Waals surface area contributed by atoms with Gasteiger partial charge < -0.3 is 0 Å². The van der Waals surface area contributed by atoms with E-state index in [1.807, 2.05) is 45.5 Å². The lowest BCUT2D eigenvalue weighted by Gasteiger charge is -2.10. The molecule has 0 spiro atoms. The Bertz CT molecular complexity index is 1480. The average Bonchev–Trinajstić information content (AvgIpc) is 3.53. The first-order chi connectivity index (χ1) is 17.7. The number of benzene rings is 3. The summed E-state index contributed by atoms with van der Waals surface area (Å²) in [5.41, 5.74) is 7.53. The molecule has 2 aromatic heterocycles. The highest BCUT2D eigenvalue weighted by molar-refractivity contribution is 5.80. The molecule has 5 aromatic rings. The lowest BCUT2D eigenvalue weighted by Crippen LogP contribution is -2.26. The van der Waals surface area contributed by atoms with E-state index in [1.165, 1.54) is 0 Å². The van der Waals surface area contributed by atoms with Crippen LogP contribution in [0.1, 0.15) is 42.3 Å². The topological polar surface area (TPSA) is 81.4 Å². The Labute approximate surface area is 210 Å². The Hall–Kier alpha value is -4.26. The van der Waals surface area contributed by atoms with Gasteiger partial charge in [-0.15, -0.1) is 5.10 Å². The molecule has 7 heteroatoms. The number of rotatable bonds is 9. The van der Waals surface area contributed by atoms with Gasteiger partial charge in [-0.2, -0.15) is 0 Å². The van der Waals surface area contributed by atoms with E-state index < -0.39 is 0 Å². The summed E-state index contributed by atoms with van der Waals surface area (Å²) >= 11 is 0. The van der Waals surface area contributed by atoms with Crippen LogP contribution in [-0.2, 0) is 19.5 Å². The Morgan fingerprint density at radius 1 is 0.806 bits per heavy atom. The van der Waals surface area contributed by atoms with Crippen molar-refractivity contribution in [3.8, 4) is 22.5 Å². The Balaban J connectivity index is 1.45. The third-order valence-electron chi connectivity index (χ3n) is 6.69. The van der Waals surface area contributed by atoms with Crippen molar-refractivity contribution in [1.82, 2.24) is 29.8 Å². The first-order valence-corrected chi connectivity index (χ1v) is 12.4. The van der Waals surface area contributed by atoms with Gasteiger partial charge in [0.1, 0.15) is 0 Å². The number of nitrogens with zero attached hydrogens (tertiary/aromatic N) is 5. The number of nitrogens with one attached hydrogen (secondary N) is 1. The molecule has 7 nitrogen and oxygen atoms in total. The van der Waals surface area contributed by atoms with E-state index in [0.717, 1.165) is 58.5 Å². The molecular formula is C29H30N6O. The number of imidazole rings is 1. The van der Waals surface area contributed by atoms with E-state index in [9.17, 15) is 4.79 Å². The number of hydrogen-bond acceptors (Lipinski definition) is 4. The summed E-state index contributed by atoms with van der Waals surface area (Å²) in [4.78, 5) is 13.6. The van der Waals surface area contributed by atoms with Gasteiger partial charge in [0.25, 0.3) is 0 Å². The fraction of sp³-hybridized carbons (Fsp3) is 0.241.